The Morgan fingerprint density at radius 1 is 0.960 bits per heavy atom. The van der Waals surface area contributed by atoms with Crippen LogP contribution in [-0.2, 0) is 17.6 Å². The molecule has 0 aliphatic heterocycles. The van der Waals surface area contributed by atoms with Crippen molar-refractivity contribution in [2.24, 2.45) is 0 Å². The maximum atomic E-state index is 11.2. The predicted molar refractivity (Wildman–Crippen MR) is 97.6 cm³/mol. The highest BCUT2D eigenvalue weighted by Gasteiger charge is 2.05. The van der Waals surface area contributed by atoms with Gasteiger partial charge in [-0.3, -0.25) is 4.79 Å². The summed E-state index contributed by atoms with van der Waals surface area (Å²) in [6.07, 6.45) is 2.89. The van der Waals surface area contributed by atoms with E-state index in [1.54, 1.807) is 21.3 Å². The van der Waals surface area contributed by atoms with E-state index in [0.717, 1.165) is 30.8 Å². The molecule has 0 atom stereocenters. The summed E-state index contributed by atoms with van der Waals surface area (Å²) in [5.74, 6) is 2.07. The summed E-state index contributed by atoms with van der Waals surface area (Å²) in [4.78, 5) is 11.2. The van der Waals surface area contributed by atoms with E-state index in [1.807, 2.05) is 30.3 Å². The molecule has 1 amide bonds. The molecule has 1 N–H and O–H groups in total. The zero-order chi connectivity index (χ0) is 18.1. The zero-order valence-electron chi connectivity index (χ0n) is 15.0. The fourth-order valence-electron chi connectivity index (χ4n) is 2.54. The zero-order valence-corrected chi connectivity index (χ0v) is 15.0. The standard InChI is InChI=1S/C20H25NO4/c1-21-20(22)14-25-17-9-5-8-15(12-17)6-4-7-16-10-11-18(23-2)19(13-16)24-3/h5,8-13H,4,6-7,14H2,1-3H3,(H,21,22). The summed E-state index contributed by atoms with van der Waals surface area (Å²) < 4.78 is 16.1. The number of carbonyl (C=O) groups excluding carboxylic acids is 1. The van der Waals surface area contributed by atoms with Gasteiger partial charge in [0.2, 0.25) is 0 Å². The van der Waals surface area contributed by atoms with Crippen molar-refractivity contribution in [2.45, 2.75) is 19.3 Å². The number of amides is 1. The maximum Gasteiger partial charge on any atom is 0.257 e. The molecule has 0 aliphatic carbocycles. The Hall–Kier alpha value is -2.69. The number of hydrogen-bond acceptors (Lipinski definition) is 4. The lowest BCUT2D eigenvalue weighted by Crippen LogP contribution is -2.24. The molecule has 0 aliphatic rings. The maximum absolute atomic E-state index is 11.2. The van der Waals surface area contributed by atoms with Gasteiger partial charge in [0, 0.05) is 7.05 Å². The summed E-state index contributed by atoms with van der Waals surface area (Å²) in [7, 11) is 4.87. The molecule has 5 heteroatoms. The van der Waals surface area contributed by atoms with Crippen molar-refractivity contribution in [1.82, 2.24) is 5.32 Å². The van der Waals surface area contributed by atoms with Crippen molar-refractivity contribution in [3.8, 4) is 17.2 Å². The second-order valence-corrected chi connectivity index (χ2v) is 5.65. The summed E-state index contributed by atoms with van der Waals surface area (Å²) in [6, 6.07) is 13.9. The molecule has 0 saturated heterocycles. The average molecular weight is 343 g/mol. The molecule has 2 aromatic carbocycles. The van der Waals surface area contributed by atoms with Crippen LogP contribution in [0, 0.1) is 0 Å². The van der Waals surface area contributed by atoms with Crippen LogP contribution in [0.25, 0.3) is 0 Å². The Bertz CT molecular complexity index is 700. The molecule has 25 heavy (non-hydrogen) atoms. The molecule has 0 bridgehead atoms. The van der Waals surface area contributed by atoms with Crippen molar-refractivity contribution in [3.63, 3.8) is 0 Å². The Morgan fingerprint density at radius 3 is 2.36 bits per heavy atom. The molecule has 0 heterocycles. The largest absolute Gasteiger partial charge is 0.493 e. The highest BCUT2D eigenvalue weighted by Crippen LogP contribution is 2.28. The number of methoxy groups -OCH3 is 2. The van der Waals surface area contributed by atoms with Crippen LogP contribution in [0.4, 0.5) is 0 Å². The highest BCUT2D eigenvalue weighted by molar-refractivity contribution is 5.77. The van der Waals surface area contributed by atoms with Gasteiger partial charge in [-0.05, 0) is 54.7 Å². The van der Waals surface area contributed by atoms with Crippen molar-refractivity contribution >= 4 is 5.91 Å². The molecule has 5 nitrogen and oxygen atoms in total. The number of ether oxygens (including phenoxy) is 3. The van der Waals surface area contributed by atoms with Crippen molar-refractivity contribution in [1.29, 1.82) is 0 Å². The van der Waals surface area contributed by atoms with Crippen LogP contribution >= 0.6 is 0 Å². The van der Waals surface area contributed by atoms with Gasteiger partial charge in [-0.15, -0.1) is 0 Å². The molecule has 134 valence electrons. The number of carbonyl (C=O) groups is 1. The van der Waals surface area contributed by atoms with Crippen molar-refractivity contribution < 1.29 is 19.0 Å². The van der Waals surface area contributed by atoms with E-state index in [0.29, 0.717) is 5.75 Å². The third-order valence-corrected chi connectivity index (χ3v) is 3.93. The van der Waals surface area contributed by atoms with Gasteiger partial charge in [-0.25, -0.2) is 0 Å². The van der Waals surface area contributed by atoms with Crippen LogP contribution in [-0.4, -0.2) is 33.8 Å². The minimum atomic E-state index is -0.140. The number of hydrogen-bond donors (Lipinski definition) is 1. The van der Waals surface area contributed by atoms with Crippen LogP contribution in [0.5, 0.6) is 17.2 Å². The monoisotopic (exact) mass is 343 g/mol. The summed E-state index contributed by atoms with van der Waals surface area (Å²) in [6.45, 7) is 0.0333. The first-order valence-corrected chi connectivity index (χ1v) is 8.29. The van der Waals surface area contributed by atoms with Crippen LogP contribution < -0.4 is 19.5 Å². The van der Waals surface area contributed by atoms with E-state index in [-0.39, 0.29) is 12.5 Å². The number of aryl methyl sites for hydroxylation is 2. The molecule has 0 aromatic heterocycles. The van der Waals surface area contributed by atoms with Gasteiger partial charge in [0.1, 0.15) is 5.75 Å². The number of likely N-dealkylation sites (N-methyl/N-ethyl adjacent to an activating group) is 1. The SMILES string of the molecule is CNC(=O)COc1cccc(CCCc2ccc(OC)c(OC)c2)c1. The van der Waals surface area contributed by atoms with Gasteiger partial charge >= 0.3 is 0 Å². The number of nitrogens with one attached hydrogen (secondary N) is 1. The van der Waals surface area contributed by atoms with Crippen LogP contribution in [0.2, 0.25) is 0 Å². The van der Waals surface area contributed by atoms with Gasteiger partial charge < -0.3 is 19.5 Å². The van der Waals surface area contributed by atoms with E-state index < -0.39 is 0 Å². The molecule has 0 fully saturated rings. The van der Waals surface area contributed by atoms with Crippen LogP contribution in [0.1, 0.15) is 17.5 Å². The molecular formula is C20H25NO4. The van der Waals surface area contributed by atoms with Gasteiger partial charge in [-0.1, -0.05) is 18.2 Å². The fourth-order valence-corrected chi connectivity index (χ4v) is 2.54. The second kappa shape index (κ2) is 9.57. The third-order valence-electron chi connectivity index (χ3n) is 3.93. The number of benzene rings is 2. The van der Waals surface area contributed by atoms with Gasteiger partial charge in [0.05, 0.1) is 14.2 Å². The Balaban J connectivity index is 1.88. The Kier molecular flexibility index (Phi) is 7.14. The first kappa shape index (κ1) is 18.6. The van der Waals surface area contributed by atoms with Crippen molar-refractivity contribution in [2.75, 3.05) is 27.9 Å². The van der Waals surface area contributed by atoms with Crippen molar-refractivity contribution in [3.05, 3.63) is 53.6 Å². The smallest absolute Gasteiger partial charge is 0.257 e. The molecule has 0 unspecified atom stereocenters. The Morgan fingerprint density at radius 2 is 1.68 bits per heavy atom. The second-order valence-electron chi connectivity index (χ2n) is 5.65. The van der Waals surface area contributed by atoms with E-state index >= 15 is 0 Å². The Labute approximate surface area is 148 Å². The third kappa shape index (κ3) is 5.71. The topological polar surface area (TPSA) is 56.8 Å². The quantitative estimate of drug-likeness (QED) is 0.760. The average Bonchev–Trinajstić information content (AvgIpc) is 2.66. The first-order chi connectivity index (χ1) is 12.2. The lowest BCUT2D eigenvalue weighted by molar-refractivity contribution is -0.122. The van der Waals surface area contributed by atoms with Gasteiger partial charge in [0.15, 0.2) is 18.1 Å². The molecule has 0 saturated carbocycles. The molecule has 0 spiro atoms. The lowest BCUT2D eigenvalue weighted by atomic mass is 10.0. The van der Waals surface area contributed by atoms with E-state index in [4.69, 9.17) is 14.2 Å². The normalized spacial score (nSPS) is 10.2. The number of rotatable bonds is 9. The molecule has 2 aromatic rings. The lowest BCUT2D eigenvalue weighted by Gasteiger charge is -2.10. The van der Waals surface area contributed by atoms with E-state index in [9.17, 15) is 4.79 Å². The molecule has 0 radical (unpaired) electrons. The minimum absolute atomic E-state index is 0.0333. The summed E-state index contributed by atoms with van der Waals surface area (Å²) in [5.41, 5.74) is 2.40. The van der Waals surface area contributed by atoms with Gasteiger partial charge in [-0.2, -0.15) is 0 Å². The first-order valence-electron chi connectivity index (χ1n) is 8.29. The van der Waals surface area contributed by atoms with E-state index in [1.165, 1.54) is 11.1 Å². The summed E-state index contributed by atoms with van der Waals surface area (Å²) in [5, 5.41) is 2.54. The van der Waals surface area contributed by atoms with E-state index in [2.05, 4.69) is 17.4 Å². The fraction of sp³-hybridized carbons (Fsp3) is 0.350. The minimum Gasteiger partial charge on any atom is -0.493 e. The van der Waals surface area contributed by atoms with Gasteiger partial charge in [0.25, 0.3) is 5.91 Å². The highest BCUT2D eigenvalue weighted by atomic mass is 16.5. The van der Waals surface area contributed by atoms with Crippen LogP contribution in [0.15, 0.2) is 42.5 Å². The predicted octanol–water partition coefficient (Wildman–Crippen LogP) is 3.00. The molecular weight excluding hydrogens is 318 g/mol. The van der Waals surface area contributed by atoms with Crippen LogP contribution in [0.3, 0.4) is 0 Å². The summed E-state index contributed by atoms with van der Waals surface area (Å²) >= 11 is 0. The molecule has 2 rings (SSSR count).